The van der Waals surface area contributed by atoms with Gasteiger partial charge in [-0.25, -0.2) is 4.98 Å². The molecule has 0 unspecified atom stereocenters. The third-order valence-electron chi connectivity index (χ3n) is 2.67. The number of carbonyl (C=O) groups excluding carboxylic acids is 1. The van der Waals surface area contributed by atoms with Crippen molar-refractivity contribution in [1.29, 1.82) is 0 Å². The molecule has 19 heavy (non-hydrogen) atoms. The van der Waals surface area contributed by atoms with Gasteiger partial charge < -0.3 is 9.73 Å². The number of fused-ring (bicyclic) bond motifs is 1. The molecule has 96 valence electrons. The maximum Gasteiger partial charge on any atom is 0.287 e. The van der Waals surface area contributed by atoms with Crippen LogP contribution in [0.4, 0.5) is 0 Å². The Hall–Kier alpha value is -2.27. The number of nitrogens with one attached hydrogen (secondary N) is 1. The Balaban J connectivity index is 1.75. The monoisotopic (exact) mass is 275 g/mol. The van der Waals surface area contributed by atoms with Crippen molar-refractivity contribution in [3.05, 3.63) is 59.4 Å². The molecule has 3 aromatic heterocycles. The van der Waals surface area contributed by atoms with Crippen molar-refractivity contribution in [2.75, 3.05) is 0 Å². The minimum absolute atomic E-state index is 0.270. The minimum Gasteiger partial charge on any atom is -0.459 e. The molecule has 3 rings (SSSR count). The molecule has 3 heterocycles. The van der Waals surface area contributed by atoms with Crippen LogP contribution in [-0.2, 0) is 6.54 Å². The number of nitrogens with zero attached hydrogens (tertiary/aromatic N) is 2. The van der Waals surface area contributed by atoms with Crippen molar-refractivity contribution < 1.29 is 9.21 Å². The summed E-state index contributed by atoms with van der Waals surface area (Å²) in [4.78, 5) is 16.1. The summed E-state index contributed by atoms with van der Waals surface area (Å²) < 4.78 is 6.76. The summed E-state index contributed by atoms with van der Waals surface area (Å²) in [5.74, 6) is 0.00921. The highest BCUT2D eigenvalue weighted by atomic mass is 35.5. The highest BCUT2D eigenvalue weighted by Gasteiger charge is 2.09. The van der Waals surface area contributed by atoms with Gasteiger partial charge in [0.05, 0.1) is 18.5 Å². The van der Waals surface area contributed by atoms with Crippen LogP contribution in [0, 0.1) is 0 Å². The van der Waals surface area contributed by atoms with E-state index in [4.69, 9.17) is 16.0 Å². The average molecular weight is 276 g/mol. The summed E-state index contributed by atoms with van der Waals surface area (Å²) in [7, 11) is 0. The third kappa shape index (κ3) is 2.32. The molecular formula is C13H10ClN3O2. The van der Waals surface area contributed by atoms with E-state index < -0.39 is 0 Å². The van der Waals surface area contributed by atoms with Gasteiger partial charge in [0.15, 0.2) is 5.76 Å². The van der Waals surface area contributed by atoms with Crippen molar-refractivity contribution >= 4 is 23.2 Å². The zero-order valence-corrected chi connectivity index (χ0v) is 10.6. The summed E-state index contributed by atoms with van der Waals surface area (Å²) >= 11 is 6.03. The minimum atomic E-state index is -0.270. The number of pyridine rings is 1. The molecule has 1 amide bonds. The molecule has 0 saturated carbocycles. The second-order valence-corrected chi connectivity index (χ2v) is 4.36. The van der Waals surface area contributed by atoms with Gasteiger partial charge in [-0.05, 0) is 24.3 Å². The number of carbonyl (C=O) groups is 1. The summed E-state index contributed by atoms with van der Waals surface area (Å²) in [6.45, 7) is 0.317. The van der Waals surface area contributed by atoms with Gasteiger partial charge in [0.25, 0.3) is 5.91 Å². The van der Waals surface area contributed by atoms with Crippen LogP contribution in [0.5, 0.6) is 0 Å². The van der Waals surface area contributed by atoms with Gasteiger partial charge in [-0.3, -0.25) is 9.20 Å². The van der Waals surface area contributed by atoms with Crippen molar-refractivity contribution in [1.82, 2.24) is 14.7 Å². The molecule has 6 heteroatoms. The molecule has 5 nitrogen and oxygen atoms in total. The number of imidazole rings is 1. The molecule has 0 fully saturated rings. The van der Waals surface area contributed by atoms with Gasteiger partial charge in [-0.15, -0.1) is 0 Å². The summed E-state index contributed by atoms with van der Waals surface area (Å²) in [6.07, 6.45) is 3.25. The fourth-order valence-electron chi connectivity index (χ4n) is 1.78. The molecule has 0 aliphatic rings. The Morgan fingerprint density at radius 2 is 2.26 bits per heavy atom. The van der Waals surface area contributed by atoms with Gasteiger partial charge in [0, 0.05) is 6.20 Å². The second-order valence-electron chi connectivity index (χ2n) is 3.97. The first-order valence-corrected chi connectivity index (χ1v) is 6.06. The van der Waals surface area contributed by atoms with Crippen molar-refractivity contribution in [3.8, 4) is 0 Å². The Labute approximate surface area is 113 Å². The molecule has 0 spiro atoms. The Kier molecular flexibility index (Phi) is 2.97. The van der Waals surface area contributed by atoms with Gasteiger partial charge in [0.2, 0.25) is 0 Å². The van der Waals surface area contributed by atoms with E-state index >= 15 is 0 Å². The van der Waals surface area contributed by atoms with E-state index in [2.05, 4.69) is 10.3 Å². The number of hydrogen-bond donors (Lipinski definition) is 1. The third-order valence-corrected chi connectivity index (χ3v) is 2.98. The standard InChI is InChI=1S/C13H10ClN3O2/c14-11-4-1-5-12-16-9(8-17(11)12)7-15-13(18)10-3-2-6-19-10/h1-6,8H,7H2,(H,15,18). The van der Waals surface area contributed by atoms with E-state index in [1.165, 1.54) is 6.26 Å². The zero-order valence-electron chi connectivity index (χ0n) is 9.84. The maximum atomic E-state index is 11.7. The highest BCUT2D eigenvalue weighted by Crippen LogP contribution is 2.13. The Morgan fingerprint density at radius 3 is 3.00 bits per heavy atom. The van der Waals surface area contributed by atoms with Crippen LogP contribution in [-0.4, -0.2) is 15.3 Å². The van der Waals surface area contributed by atoms with Gasteiger partial charge in [-0.1, -0.05) is 17.7 Å². The van der Waals surface area contributed by atoms with Crippen LogP contribution in [0.1, 0.15) is 16.2 Å². The molecule has 3 aromatic rings. The number of halogens is 1. The van der Waals surface area contributed by atoms with Crippen LogP contribution in [0.25, 0.3) is 5.65 Å². The van der Waals surface area contributed by atoms with E-state index in [9.17, 15) is 4.79 Å². The van der Waals surface area contributed by atoms with Gasteiger partial charge in [0.1, 0.15) is 10.8 Å². The van der Waals surface area contributed by atoms with Crippen LogP contribution in [0.15, 0.2) is 47.2 Å². The van der Waals surface area contributed by atoms with Crippen LogP contribution < -0.4 is 5.32 Å². The van der Waals surface area contributed by atoms with Crippen molar-refractivity contribution in [2.24, 2.45) is 0 Å². The summed E-state index contributed by atoms with van der Waals surface area (Å²) in [6, 6.07) is 8.73. The molecule has 0 aliphatic carbocycles. The number of rotatable bonds is 3. The van der Waals surface area contributed by atoms with Gasteiger partial charge >= 0.3 is 0 Å². The average Bonchev–Trinajstić information content (AvgIpc) is 3.05. The smallest absolute Gasteiger partial charge is 0.287 e. The molecule has 0 radical (unpaired) electrons. The molecule has 0 saturated heterocycles. The lowest BCUT2D eigenvalue weighted by atomic mass is 10.4. The van der Waals surface area contributed by atoms with E-state index in [1.807, 2.05) is 12.1 Å². The largest absolute Gasteiger partial charge is 0.459 e. The Morgan fingerprint density at radius 1 is 1.37 bits per heavy atom. The lowest BCUT2D eigenvalue weighted by Crippen LogP contribution is -2.22. The molecule has 0 bridgehead atoms. The highest BCUT2D eigenvalue weighted by molar-refractivity contribution is 6.29. The van der Waals surface area contributed by atoms with Crippen molar-refractivity contribution in [2.45, 2.75) is 6.54 Å². The first-order valence-electron chi connectivity index (χ1n) is 5.68. The first-order chi connectivity index (χ1) is 9.24. The molecule has 0 aliphatic heterocycles. The van der Waals surface area contributed by atoms with Crippen LogP contribution in [0.2, 0.25) is 5.15 Å². The van der Waals surface area contributed by atoms with Gasteiger partial charge in [-0.2, -0.15) is 0 Å². The van der Waals surface area contributed by atoms with Crippen LogP contribution in [0.3, 0.4) is 0 Å². The summed E-state index contributed by atoms with van der Waals surface area (Å²) in [5, 5.41) is 3.31. The maximum absolute atomic E-state index is 11.7. The Bertz CT molecular complexity index is 719. The lowest BCUT2D eigenvalue weighted by molar-refractivity contribution is 0.0922. The summed E-state index contributed by atoms with van der Waals surface area (Å²) in [5.41, 5.74) is 1.47. The lowest BCUT2D eigenvalue weighted by Gasteiger charge is -1.99. The van der Waals surface area contributed by atoms with Crippen molar-refractivity contribution in [3.63, 3.8) is 0 Å². The number of furan rings is 1. The predicted octanol–water partition coefficient (Wildman–Crippen LogP) is 2.51. The molecular weight excluding hydrogens is 266 g/mol. The SMILES string of the molecule is O=C(NCc1cn2c(Cl)cccc2n1)c1ccco1. The fraction of sp³-hybridized carbons (Fsp3) is 0.0769. The van der Waals surface area contributed by atoms with E-state index in [0.717, 1.165) is 11.3 Å². The topological polar surface area (TPSA) is 59.5 Å². The zero-order chi connectivity index (χ0) is 13.2. The number of aromatic nitrogens is 2. The molecule has 1 N–H and O–H groups in total. The van der Waals surface area contributed by atoms with E-state index in [0.29, 0.717) is 11.7 Å². The number of amides is 1. The molecule has 0 aromatic carbocycles. The predicted molar refractivity (Wildman–Crippen MR) is 70.1 cm³/mol. The normalized spacial score (nSPS) is 10.8. The van der Waals surface area contributed by atoms with Crippen LogP contribution >= 0.6 is 11.6 Å². The fourth-order valence-corrected chi connectivity index (χ4v) is 1.99. The number of hydrogen-bond acceptors (Lipinski definition) is 3. The molecule has 0 atom stereocenters. The quantitative estimate of drug-likeness (QED) is 0.747. The van der Waals surface area contributed by atoms with E-state index in [-0.39, 0.29) is 11.7 Å². The first kappa shape index (κ1) is 11.8. The van der Waals surface area contributed by atoms with E-state index in [1.54, 1.807) is 28.8 Å². The second kappa shape index (κ2) is 4.78.